The summed E-state index contributed by atoms with van der Waals surface area (Å²) in [7, 11) is 0. The van der Waals surface area contributed by atoms with Crippen molar-refractivity contribution in [2.75, 3.05) is 0 Å². The fourth-order valence-electron chi connectivity index (χ4n) is 1.20. The van der Waals surface area contributed by atoms with Crippen molar-refractivity contribution in [3.8, 4) is 0 Å². The monoisotopic (exact) mass is 214 g/mol. The molecule has 0 amide bonds. The normalized spacial score (nSPS) is 14.6. The average Bonchev–Trinajstić information content (AvgIpc) is 2.15. The summed E-state index contributed by atoms with van der Waals surface area (Å²) in [4.78, 5) is 10.3. The van der Waals surface area contributed by atoms with Crippen LogP contribution in [0.15, 0.2) is 24.3 Å². The van der Waals surface area contributed by atoms with Crippen LogP contribution in [0.1, 0.15) is 18.1 Å². The van der Waals surface area contributed by atoms with Gasteiger partial charge in [0, 0.05) is 0 Å². The number of benzene rings is 1. The highest BCUT2D eigenvalue weighted by Gasteiger charge is 2.21. The van der Waals surface area contributed by atoms with E-state index >= 15 is 0 Å². The van der Waals surface area contributed by atoms with Crippen LogP contribution in [0, 0.1) is 5.82 Å². The molecule has 0 radical (unpaired) electrons. The van der Waals surface area contributed by atoms with E-state index in [-0.39, 0.29) is 5.56 Å². The Morgan fingerprint density at radius 2 is 2.07 bits per heavy atom. The van der Waals surface area contributed by atoms with Crippen LogP contribution < -0.4 is 0 Å². The van der Waals surface area contributed by atoms with Crippen molar-refractivity contribution >= 4 is 5.97 Å². The van der Waals surface area contributed by atoms with Gasteiger partial charge in [0.1, 0.15) is 11.9 Å². The lowest BCUT2D eigenvalue weighted by Gasteiger charge is -2.16. The van der Waals surface area contributed by atoms with E-state index in [9.17, 15) is 19.4 Å². The lowest BCUT2D eigenvalue weighted by molar-refractivity contribution is -0.141. The third kappa shape index (κ3) is 3.30. The Bertz CT molecular complexity index is 353. The molecule has 0 heterocycles. The Morgan fingerprint density at radius 1 is 1.40 bits per heavy atom. The summed E-state index contributed by atoms with van der Waals surface area (Å²) in [6, 6.07) is 5.04. The van der Waals surface area contributed by atoms with E-state index in [1.54, 1.807) is 0 Å². The molecule has 5 heteroatoms. The van der Waals surface area contributed by atoms with Crippen LogP contribution in [0.5, 0.6) is 0 Å². The summed E-state index contributed by atoms with van der Waals surface area (Å²) in [5, 5.41) is 27.2. The molecule has 0 aliphatic rings. The zero-order valence-electron chi connectivity index (χ0n) is 7.80. The zero-order chi connectivity index (χ0) is 11.4. The fraction of sp³-hybridized carbons (Fsp3) is 0.300. The van der Waals surface area contributed by atoms with Gasteiger partial charge >= 0.3 is 5.97 Å². The van der Waals surface area contributed by atoms with Crippen molar-refractivity contribution in [1.82, 2.24) is 0 Å². The number of aliphatic carboxylic acids is 1. The molecule has 82 valence electrons. The van der Waals surface area contributed by atoms with E-state index in [1.165, 1.54) is 18.2 Å². The van der Waals surface area contributed by atoms with Crippen LogP contribution in [0.4, 0.5) is 4.39 Å². The lowest BCUT2D eigenvalue weighted by Crippen LogP contribution is -2.21. The lowest BCUT2D eigenvalue weighted by atomic mass is 10.0. The third-order valence-electron chi connectivity index (χ3n) is 1.94. The van der Waals surface area contributed by atoms with E-state index in [0.29, 0.717) is 0 Å². The molecular weight excluding hydrogens is 203 g/mol. The largest absolute Gasteiger partial charge is 0.481 e. The highest BCUT2D eigenvalue weighted by Crippen LogP contribution is 2.19. The zero-order valence-corrected chi connectivity index (χ0v) is 7.80. The first kappa shape index (κ1) is 11.6. The van der Waals surface area contributed by atoms with Gasteiger partial charge in [-0.25, -0.2) is 4.39 Å². The Hall–Kier alpha value is -1.46. The number of carbonyl (C=O) groups is 1. The van der Waals surface area contributed by atoms with Gasteiger partial charge in [0.25, 0.3) is 0 Å². The quantitative estimate of drug-likeness (QED) is 0.689. The van der Waals surface area contributed by atoms with Crippen LogP contribution >= 0.6 is 0 Å². The molecule has 4 nitrogen and oxygen atoms in total. The van der Waals surface area contributed by atoms with E-state index in [0.717, 1.165) is 6.07 Å². The van der Waals surface area contributed by atoms with Crippen LogP contribution in [0.2, 0.25) is 0 Å². The number of aliphatic hydroxyl groups excluding tert-OH is 2. The molecule has 0 saturated carbocycles. The van der Waals surface area contributed by atoms with E-state index in [1.807, 2.05) is 0 Å². The molecule has 0 fully saturated rings. The Morgan fingerprint density at radius 3 is 2.60 bits per heavy atom. The second-order valence-corrected chi connectivity index (χ2v) is 3.17. The molecule has 1 rings (SSSR count). The smallest absolute Gasteiger partial charge is 0.306 e. The molecule has 0 aliphatic carbocycles. The Labute approximate surface area is 85.6 Å². The molecule has 0 aromatic heterocycles. The molecule has 1 aromatic carbocycles. The first-order valence-electron chi connectivity index (χ1n) is 4.34. The number of hydrogen-bond donors (Lipinski definition) is 3. The summed E-state index contributed by atoms with van der Waals surface area (Å²) >= 11 is 0. The summed E-state index contributed by atoms with van der Waals surface area (Å²) in [6.45, 7) is 0. The first-order chi connectivity index (χ1) is 7.00. The minimum atomic E-state index is -1.44. The van der Waals surface area contributed by atoms with Crippen molar-refractivity contribution in [2.24, 2.45) is 0 Å². The van der Waals surface area contributed by atoms with Gasteiger partial charge in [-0.1, -0.05) is 12.1 Å². The minimum Gasteiger partial charge on any atom is -0.481 e. The standard InChI is InChI=1S/C10H11FO4/c11-7-3-1-2-6(4-7)10(15)8(12)5-9(13)14/h1-4,8,10,12,15H,5H2,(H,13,14). The molecule has 0 bridgehead atoms. The maximum absolute atomic E-state index is 12.7. The van der Waals surface area contributed by atoms with Crippen molar-refractivity contribution < 1.29 is 24.5 Å². The summed E-state index contributed by atoms with van der Waals surface area (Å²) in [5.41, 5.74) is 0.156. The first-order valence-corrected chi connectivity index (χ1v) is 4.34. The number of carboxylic acids is 1. The molecule has 2 atom stereocenters. The van der Waals surface area contributed by atoms with Gasteiger partial charge < -0.3 is 15.3 Å². The second kappa shape index (κ2) is 4.86. The minimum absolute atomic E-state index is 0.156. The SMILES string of the molecule is O=C(O)CC(O)C(O)c1cccc(F)c1. The maximum atomic E-state index is 12.7. The number of hydrogen-bond acceptors (Lipinski definition) is 3. The summed E-state index contributed by atoms with van der Waals surface area (Å²) in [6.07, 6.45) is -3.42. The van der Waals surface area contributed by atoms with Gasteiger partial charge in [-0.2, -0.15) is 0 Å². The third-order valence-corrected chi connectivity index (χ3v) is 1.94. The number of halogens is 1. The second-order valence-electron chi connectivity index (χ2n) is 3.17. The molecule has 3 N–H and O–H groups in total. The van der Waals surface area contributed by atoms with Crippen LogP contribution in [0.3, 0.4) is 0 Å². The van der Waals surface area contributed by atoms with Crippen molar-refractivity contribution in [2.45, 2.75) is 18.6 Å². The average molecular weight is 214 g/mol. The highest BCUT2D eigenvalue weighted by atomic mass is 19.1. The molecule has 0 aliphatic heterocycles. The molecule has 1 aromatic rings. The molecule has 0 saturated heterocycles. The van der Waals surface area contributed by atoms with E-state index in [2.05, 4.69) is 0 Å². The van der Waals surface area contributed by atoms with Crippen molar-refractivity contribution in [1.29, 1.82) is 0 Å². The van der Waals surface area contributed by atoms with Crippen LogP contribution in [-0.4, -0.2) is 27.4 Å². The summed E-state index contributed by atoms with van der Waals surface area (Å²) in [5.74, 6) is -1.77. The van der Waals surface area contributed by atoms with Gasteiger partial charge in [-0.05, 0) is 17.7 Å². The van der Waals surface area contributed by atoms with E-state index < -0.39 is 30.4 Å². The fourth-order valence-corrected chi connectivity index (χ4v) is 1.20. The highest BCUT2D eigenvalue weighted by molar-refractivity contribution is 5.67. The molecule has 2 unspecified atom stereocenters. The van der Waals surface area contributed by atoms with Gasteiger partial charge in [-0.15, -0.1) is 0 Å². The number of aliphatic hydroxyl groups is 2. The van der Waals surface area contributed by atoms with Crippen molar-refractivity contribution in [3.05, 3.63) is 35.6 Å². The number of carboxylic acid groups (broad SMARTS) is 1. The molecular formula is C10H11FO4. The van der Waals surface area contributed by atoms with Crippen LogP contribution in [0.25, 0.3) is 0 Å². The topological polar surface area (TPSA) is 77.8 Å². The Balaban J connectivity index is 2.75. The predicted octanol–water partition coefficient (Wildman–Crippen LogP) is 0.695. The predicted molar refractivity (Wildman–Crippen MR) is 49.6 cm³/mol. The van der Waals surface area contributed by atoms with Gasteiger partial charge in [0.15, 0.2) is 0 Å². The van der Waals surface area contributed by atoms with E-state index in [4.69, 9.17) is 5.11 Å². The Kier molecular flexibility index (Phi) is 3.76. The number of rotatable bonds is 4. The van der Waals surface area contributed by atoms with Crippen molar-refractivity contribution in [3.63, 3.8) is 0 Å². The van der Waals surface area contributed by atoms with Crippen LogP contribution in [-0.2, 0) is 4.79 Å². The molecule has 15 heavy (non-hydrogen) atoms. The molecule has 0 spiro atoms. The van der Waals surface area contributed by atoms with Gasteiger partial charge in [0.2, 0.25) is 0 Å². The summed E-state index contributed by atoms with van der Waals surface area (Å²) < 4.78 is 12.7. The van der Waals surface area contributed by atoms with Gasteiger partial charge in [-0.3, -0.25) is 4.79 Å². The maximum Gasteiger partial charge on any atom is 0.306 e. The van der Waals surface area contributed by atoms with Gasteiger partial charge in [0.05, 0.1) is 12.5 Å².